The summed E-state index contributed by atoms with van der Waals surface area (Å²) in [5.41, 5.74) is -0.545. The van der Waals surface area contributed by atoms with Crippen LogP contribution >= 0.6 is 0 Å². The van der Waals surface area contributed by atoms with Crippen LogP contribution in [0, 0.1) is 5.82 Å². The number of amides is 1. The van der Waals surface area contributed by atoms with Gasteiger partial charge in [0.2, 0.25) is 9.84 Å². The molecule has 0 aliphatic heterocycles. The summed E-state index contributed by atoms with van der Waals surface area (Å²) < 4.78 is 67.1. The number of halogens is 3. The average molecular weight is 359 g/mol. The fourth-order valence-electron chi connectivity index (χ4n) is 1.96. The maximum absolute atomic E-state index is 13.3. The third kappa shape index (κ3) is 3.51. The van der Waals surface area contributed by atoms with Gasteiger partial charge in [-0.1, -0.05) is 12.1 Å². The lowest BCUT2D eigenvalue weighted by Crippen LogP contribution is -2.18. The number of alkyl halides is 2. The molecule has 0 aromatic heterocycles. The number of benzene rings is 2. The second-order valence-corrected chi connectivity index (χ2v) is 6.49. The first-order valence-corrected chi connectivity index (χ1v) is 8.08. The molecule has 2 aromatic carbocycles. The molecule has 24 heavy (non-hydrogen) atoms. The number of hydrogen-bond acceptors (Lipinski definition) is 4. The number of carbonyl (C=O) groups is 1. The van der Waals surface area contributed by atoms with Gasteiger partial charge in [0.1, 0.15) is 11.6 Å². The monoisotopic (exact) mass is 359 g/mol. The summed E-state index contributed by atoms with van der Waals surface area (Å²) in [5, 5.41) is 2.19. The van der Waals surface area contributed by atoms with Gasteiger partial charge >= 0.3 is 5.76 Å². The maximum Gasteiger partial charge on any atom is 0.341 e. The van der Waals surface area contributed by atoms with Crippen LogP contribution in [0.1, 0.15) is 10.4 Å². The van der Waals surface area contributed by atoms with Gasteiger partial charge in [-0.3, -0.25) is 4.79 Å². The molecule has 128 valence electrons. The number of anilines is 1. The first kappa shape index (κ1) is 17.8. The predicted octanol–water partition coefficient (Wildman–Crippen LogP) is 3.08. The summed E-state index contributed by atoms with van der Waals surface area (Å²) in [7, 11) is -3.65. The van der Waals surface area contributed by atoms with Crippen molar-refractivity contribution in [2.24, 2.45) is 0 Å². The Labute approximate surface area is 136 Å². The van der Waals surface area contributed by atoms with Crippen LogP contribution in [0.25, 0.3) is 0 Å². The van der Waals surface area contributed by atoms with Crippen molar-refractivity contribution in [2.45, 2.75) is 10.7 Å². The average Bonchev–Trinajstić information content (AvgIpc) is 2.55. The molecule has 0 radical (unpaired) electrons. The van der Waals surface area contributed by atoms with Crippen molar-refractivity contribution in [1.82, 2.24) is 0 Å². The van der Waals surface area contributed by atoms with E-state index in [2.05, 4.69) is 5.32 Å². The van der Waals surface area contributed by atoms with Crippen molar-refractivity contribution in [3.63, 3.8) is 0 Å². The maximum atomic E-state index is 13.3. The quantitative estimate of drug-likeness (QED) is 0.890. The van der Waals surface area contributed by atoms with Gasteiger partial charge in [-0.15, -0.1) is 0 Å². The van der Waals surface area contributed by atoms with E-state index in [0.29, 0.717) is 0 Å². The van der Waals surface area contributed by atoms with Crippen molar-refractivity contribution in [1.29, 1.82) is 0 Å². The van der Waals surface area contributed by atoms with E-state index in [1.165, 1.54) is 25.3 Å². The lowest BCUT2D eigenvalue weighted by atomic mass is 10.1. The van der Waals surface area contributed by atoms with E-state index in [-0.39, 0.29) is 17.0 Å². The zero-order valence-corrected chi connectivity index (χ0v) is 13.1. The highest BCUT2D eigenvalue weighted by atomic mass is 32.2. The molecule has 0 atom stereocenters. The highest BCUT2D eigenvalue weighted by Crippen LogP contribution is 2.27. The number of carbonyl (C=O) groups excluding carboxylic acids is 1. The molecule has 2 aromatic rings. The molecule has 0 unspecified atom stereocenters. The molecule has 0 heterocycles. The number of hydrogen-bond donors (Lipinski definition) is 1. The molecule has 1 amide bonds. The highest BCUT2D eigenvalue weighted by molar-refractivity contribution is 7.91. The molecule has 5 nitrogen and oxygen atoms in total. The molecule has 0 saturated heterocycles. The van der Waals surface area contributed by atoms with Gasteiger partial charge in [0.05, 0.1) is 23.3 Å². The molecule has 1 N–H and O–H groups in total. The highest BCUT2D eigenvalue weighted by Gasteiger charge is 2.29. The van der Waals surface area contributed by atoms with Crippen LogP contribution in [0.2, 0.25) is 0 Å². The van der Waals surface area contributed by atoms with Gasteiger partial charge in [-0.25, -0.2) is 12.8 Å². The lowest BCUT2D eigenvalue weighted by Gasteiger charge is -2.13. The Hall–Kier alpha value is -2.55. The fourth-order valence-corrected chi connectivity index (χ4v) is 2.85. The minimum absolute atomic E-state index is 0.0445. The minimum Gasteiger partial charge on any atom is -0.496 e. The Morgan fingerprint density at radius 1 is 1.17 bits per heavy atom. The van der Waals surface area contributed by atoms with Crippen LogP contribution in [0.5, 0.6) is 5.75 Å². The van der Waals surface area contributed by atoms with Crippen LogP contribution in [0.15, 0.2) is 47.4 Å². The molecule has 0 spiro atoms. The van der Waals surface area contributed by atoms with E-state index in [0.717, 1.165) is 24.3 Å². The van der Waals surface area contributed by atoms with Crippen LogP contribution in [-0.4, -0.2) is 27.2 Å². The molecule has 0 aliphatic rings. The summed E-state index contributed by atoms with van der Waals surface area (Å²) in [6, 6.07) is 7.88. The van der Waals surface area contributed by atoms with Gasteiger partial charge in [-0.05, 0) is 30.3 Å². The first-order valence-electron chi connectivity index (χ1n) is 6.53. The Kier molecular flexibility index (Phi) is 5.13. The van der Waals surface area contributed by atoms with E-state index < -0.39 is 32.2 Å². The fraction of sp³-hybridized carbons (Fsp3) is 0.133. The topological polar surface area (TPSA) is 72.5 Å². The van der Waals surface area contributed by atoms with Crippen molar-refractivity contribution < 1.29 is 31.1 Å². The summed E-state index contributed by atoms with van der Waals surface area (Å²) in [6.45, 7) is 0. The molecular formula is C15H12F3NO4S. The molecular weight excluding hydrogens is 347 g/mol. The van der Waals surface area contributed by atoms with Gasteiger partial charge in [-0.2, -0.15) is 8.78 Å². The van der Waals surface area contributed by atoms with Crippen molar-refractivity contribution in [3.05, 3.63) is 53.8 Å². The second-order valence-electron chi connectivity index (χ2n) is 4.60. The number of sulfone groups is 1. The van der Waals surface area contributed by atoms with Gasteiger partial charge in [0, 0.05) is 0 Å². The number of nitrogens with one attached hydrogen (secondary N) is 1. The number of rotatable bonds is 5. The van der Waals surface area contributed by atoms with E-state index in [1.807, 2.05) is 0 Å². The SMILES string of the molecule is COc1ccc(F)cc1C(=O)Nc1ccccc1S(=O)(=O)C(F)F. The Bertz CT molecular complexity index is 869. The molecule has 0 aliphatic carbocycles. The largest absolute Gasteiger partial charge is 0.496 e. The zero-order valence-electron chi connectivity index (χ0n) is 12.3. The first-order chi connectivity index (χ1) is 11.3. The molecule has 9 heteroatoms. The van der Waals surface area contributed by atoms with Crippen molar-refractivity contribution in [3.8, 4) is 5.75 Å². The molecule has 0 bridgehead atoms. The zero-order chi connectivity index (χ0) is 17.9. The van der Waals surface area contributed by atoms with Crippen LogP contribution in [0.4, 0.5) is 18.9 Å². The Morgan fingerprint density at radius 3 is 2.46 bits per heavy atom. The smallest absolute Gasteiger partial charge is 0.341 e. The third-order valence-corrected chi connectivity index (χ3v) is 4.52. The Balaban J connectivity index is 2.43. The third-order valence-electron chi connectivity index (χ3n) is 3.08. The van der Waals surface area contributed by atoms with Gasteiger partial charge in [0.15, 0.2) is 0 Å². The lowest BCUT2D eigenvalue weighted by molar-refractivity contribution is 0.102. The number of para-hydroxylation sites is 1. The van der Waals surface area contributed by atoms with E-state index in [1.54, 1.807) is 0 Å². The summed E-state index contributed by atoms with van der Waals surface area (Å²) in [4.78, 5) is 11.5. The second kappa shape index (κ2) is 6.91. The number of methoxy groups -OCH3 is 1. The standard InChI is InChI=1S/C15H12F3NO4S/c1-23-12-7-6-9(16)8-10(12)14(20)19-11-4-2-3-5-13(11)24(21,22)15(17)18/h2-8,15H,1H3,(H,19,20). The summed E-state index contributed by atoms with van der Waals surface area (Å²) in [5.74, 6) is -5.21. The van der Waals surface area contributed by atoms with Crippen molar-refractivity contribution >= 4 is 21.4 Å². The Morgan fingerprint density at radius 2 is 1.83 bits per heavy atom. The van der Waals surface area contributed by atoms with E-state index in [9.17, 15) is 26.4 Å². The van der Waals surface area contributed by atoms with Crippen molar-refractivity contribution in [2.75, 3.05) is 12.4 Å². The summed E-state index contributed by atoms with van der Waals surface area (Å²) >= 11 is 0. The molecule has 0 saturated carbocycles. The predicted molar refractivity (Wildman–Crippen MR) is 80.5 cm³/mol. The molecule has 2 rings (SSSR count). The van der Waals surface area contributed by atoms with E-state index >= 15 is 0 Å². The van der Waals surface area contributed by atoms with Gasteiger partial charge < -0.3 is 10.1 Å². The molecule has 0 fully saturated rings. The van der Waals surface area contributed by atoms with Gasteiger partial charge in [0.25, 0.3) is 5.91 Å². The summed E-state index contributed by atoms with van der Waals surface area (Å²) in [6.07, 6.45) is 0. The minimum atomic E-state index is -4.91. The van der Waals surface area contributed by atoms with Crippen LogP contribution < -0.4 is 10.1 Å². The van der Waals surface area contributed by atoms with E-state index in [4.69, 9.17) is 4.74 Å². The van der Waals surface area contributed by atoms with Crippen LogP contribution in [-0.2, 0) is 9.84 Å². The van der Waals surface area contributed by atoms with Crippen LogP contribution in [0.3, 0.4) is 0 Å². The normalized spacial score (nSPS) is 11.4. The number of ether oxygens (including phenoxy) is 1.